The van der Waals surface area contributed by atoms with Crippen molar-refractivity contribution in [3.8, 4) is 0 Å². The van der Waals surface area contributed by atoms with Gasteiger partial charge in [-0.05, 0) is 40.7 Å². The number of nitrogens with one attached hydrogen (secondary N) is 3. The maximum absolute atomic E-state index is 12.2. The van der Waals surface area contributed by atoms with E-state index in [0.717, 1.165) is 18.5 Å². The molecule has 0 aliphatic rings. The van der Waals surface area contributed by atoms with Gasteiger partial charge >= 0.3 is 0 Å². The molecule has 1 rings (SSSR count). The molecule has 0 atom stereocenters. The predicted molar refractivity (Wildman–Crippen MR) is 81.6 cm³/mol. The van der Waals surface area contributed by atoms with E-state index < -0.39 is 10.0 Å². The molecule has 122 valence electrons. The zero-order chi connectivity index (χ0) is 15.9. The molecule has 0 fully saturated rings. The zero-order valence-electron chi connectivity index (χ0n) is 13.2. The number of sulfonamides is 1. The van der Waals surface area contributed by atoms with Crippen molar-refractivity contribution in [2.45, 2.75) is 51.3 Å². The van der Waals surface area contributed by atoms with E-state index in [4.69, 9.17) is 4.74 Å². The third kappa shape index (κ3) is 5.74. The van der Waals surface area contributed by atoms with Gasteiger partial charge in [0.1, 0.15) is 0 Å². The summed E-state index contributed by atoms with van der Waals surface area (Å²) in [6.07, 6.45) is 1.76. The van der Waals surface area contributed by atoms with Crippen LogP contribution in [0.1, 0.15) is 37.9 Å². The number of unbranched alkanes of at least 4 members (excludes halogenated alkanes) is 1. The molecule has 21 heavy (non-hydrogen) atoms. The van der Waals surface area contributed by atoms with E-state index in [1.54, 1.807) is 7.05 Å². The Morgan fingerprint density at radius 1 is 1.33 bits per heavy atom. The lowest BCUT2D eigenvalue weighted by Gasteiger charge is -2.08. The van der Waals surface area contributed by atoms with Gasteiger partial charge in [0.05, 0.1) is 6.10 Å². The maximum atomic E-state index is 12.2. The predicted octanol–water partition coefficient (Wildman–Crippen LogP) is 0.921. The Labute approximate surface area is 126 Å². The summed E-state index contributed by atoms with van der Waals surface area (Å²) in [4.78, 5) is 0. The molecule has 0 amide bonds. The van der Waals surface area contributed by atoms with E-state index >= 15 is 0 Å². The number of aryl methyl sites for hydroxylation is 1. The van der Waals surface area contributed by atoms with E-state index in [0.29, 0.717) is 25.3 Å². The molecule has 0 aliphatic heterocycles. The minimum absolute atomic E-state index is 0.0766. The number of ether oxygens (including phenoxy) is 1. The Kier molecular flexibility index (Phi) is 7.30. The highest BCUT2D eigenvalue weighted by atomic mass is 32.2. The average molecular weight is 318 g/mol. The third-order valence-corrected chi connectivity index (χ3v) is 4.39. The second-order valence-corrected chi connectivity index (χ2v) is 6.87. The molecular weight excluding hydrogens is 292 g/mol. The lowest BCUT2D eigenvalue weighted by Crippen LogP contribution is -2.27. The molecule has 0 spiro atoms. The molecule has 3 N–H and O–H groups in total. The Morgan fingerprint density at radius 3 is 2.67 bits per heavy atom. The van der Waals surface area contributed by atoms with Crippen molar-refractivity contribution in [3.63, 3.8) is 0 Å². The smallest absolute Gasteiger partial charge is 0.260 e. The monoisotopic (exact) mass is 318 g/mol. The second kappa shape index (κ2) is 8.47. The maximum Gasteiger partial charge on any atom is 0.260 e. The first-order chi connectivity index (χ1) is 9.88. The van der Waals surface area contributed by atoms with Crippen molar-refractivity contribution in [2.24, 2.45) is 0 Å². The van der Waals surface area contributed by atoms with Crippen molar-refractivity contribution in [1.82, 2.24) is 20.2 Å². The van der Waals surface area contributed by atoms with E-state index in [1.807, 2.05) is 20.8 Å². The fraction of sp³-hybridized carbons (Fsp3) is 0.769. The third-order valence-electron chi connectivity index (χ3n) is 2.96. The van der Waals surface area contributed by atoms with Crippen LogP contribution in [-0.2, 0) is 21.3 Å². The molecule has 1 aromatic heterocycles. The molecule has 1 aromatic rings. The van der Waals surface area contributed by atoms with E-state index in [-0.39, 0.29) is 11.1 Å². The summed E-state index contributed by atoms with van der Waals surface area (Å²) in [5.41, 5.74) is 1.43. The topological polar surface area (TPSA) is 96.1 Å². The molecule has 0 bridgehead atoms. The van der Waals surface area contributed by atoms with Crippen molar-refractivity contribution < 1.29 is 13.2 Å². The largest absolute Gasteiger partial charge is 0.379 e. The number of rotatable bonds is 10. The van der Waals surface area contributed by atoms with Crippen molar-refractivity contribution in [3.05, 3.63) is 11.3 Å². The summed E-state index contributed by atoms with van der Waals surface area (Å²) in [6.45, 7) is 7.25. The summed E-state index contributed by atoms with van der Waals surface area (Å²) in [5, 5.41) is 9.65. The van der Waals surface area contributed by atoms with Gasteiger partial charge in [-0.2, -0.15) is 5.10 Å². The van der Waals surface area contributed by atoms with Crippen LogP contribution in [0, 0.1) is 6.92 Å². The van der Waals surface area contributed by atoms with Crippen LogP contribution in [0.25, 0.3) is 0 Å². The SMILES string of the molecule is CNCc1c(S(=O)(=O)NCCCCOC(C)C)n[nH]c1C. The van der Waals surface area contributed by atoms with Crippen LogP contribution in [0.3, 0.4) is 0 Å². The minimum atomic E-state index is -3.57. The molecule has 0 saturated carbocycles. The summed E-state index contributed by atoms with van der Waals surface area (Å²) in [5.74, 6) is 0. The molecule has 0 aromatic carbocycles. The summed E-state index contributed by atoms with van der Waals surface area (Å²) in [7, 11) is -1.80. The van der Waals surface area contributed by atoms with Gasteiger partial charge in [0.15, 0.2) is 5.03 Å². The van der Waals surface area contributed by atoms with Crippen LogP contribution in [0.5, 0.6) is 0 Å². The summed E-state index contributed by atoms with van der Waals surface area (Å²) in [6, 6.07) is 0. The van der Waals surface area contributed by atoms with Crippen LogP contribution in [0.4, 0.5) is 0 Å². The standard InChI is InChI=1S/C13H26N4O3S/c1-10(2)20-8-6-5-7-15-21(18,19)13-12(9-14-4)11(3)16-17-13/h10,14-15H,5-9H2,1-4H3,(H,16,17). The van der Waals surface area contributed by atoms with Crippen LogP contribution < -0.4 is 10.0 Å². The van der Waals surface area contributed by atoms with Crippen LogP contribution in [0.2, 0.25) is 0 Å². The number of aromatic nitrogens is 2. The number of hydrogen-bond donors (Lipinski definition) is 3. The highest BCUT2D eigenvalue weighted by molar-refractivity contribution is 7.89. The van der Waals surface area contributed by atoms with Crippen molar-refractivity contribution in [1.29, 1.82) is 0 Å². The van der Waals surface area contributed by atoms with Gasteiger partial charge in [0, 0.05) is 31.0 Å². The van der Waals surface area contributed by atoms with E-state index in [1.165, 1.54) is 0 Å². The van der Waals surface area contributed by atoms with E-state index in [2.05, 4.69) is 20.2 Å². The Hall–Kier alpha value is -0.960. The number of hydrogen-bond acceptors (Lipinski definition) is 5. The van der Waals surface area contributed by atoms with Crippen LogP contribution in [0.15, 0.2) is 5.03 Å². The van der Waals surface area contributed by atoms with Crippen LogP contribution in [-0.4, -0.2) is 44.9 Å². The van der Waals surface area contributed by atoms with Gasteiger partial charge in [-0.3, -0.25) is 5.10 Å². The van der Waals surface area contributed by atoms with Gasteiger partial charge in [-0.1, -0.05) is 0 Å². The van der Waals surface area contributed by atoms with Crippen molar-refractivity contribution >= 4 is 10.0 Å². The van der Waals surface area contributed by atoms with Gasteiger partial charge in [0.2, 0.25) is 0 Å². The fourth-order valence-corrected chi connectivity index (χ4v) is 3.12. The highest BCUT2D eigenvalue weighted by Crippen LogP contribution is 2.15. The first-order valence-electron chi connectivity index (χ1n) is 7.18. The lowest BCUT2D eigenvalue weighted by atomic mass is 10.3. The van der Waals surface area contributed by atoms with Gasteiger partial charge in [-0.25, -0.2) is 13.1 Å². The minimum Gasteiger partial charge on any atom is -0.379 e. The van der Waals surface area contributed by atoms with Crippen LogP contribution >= 0.6 is 0 Å². The fourth-order valence-electron chi connectivity index (χ4n) is 1.86. The molecule has 0 radical (unpaired) electrons. The van der Waals surface area contributed by atoms with E-state index in [9.17, 15) is 8.42 Å². The summed E-state index contributed by atoms with van der Waals surface area (Å²) >= 11 is 0. The number of nitrogens with zero attached hydrogens (tertiary/aromatic N) is 1. The molecule has 0 unspecified atom stereocenters. The second-order valence-electron chi connectivity index (χ2n) is 5.19. The Bertz CT molecular complexity index is 526. The molecule has 0 saturated heterocycles. The quantitative estimate of drug-likeness (QED) is 0.558. The first kappa shape index (κ1) is 18.1. The zero-order valence-corrected chi connectivity index (χ0v) is 14.0. The number of aromatic amines is 1. The summed E-state index contributed by atoms with van der Waals surface area (Å²) < 4.78 is 32.5. The average Bonchev–Trinajstić information content (AvgIpc) is 2.76. The van der Waals surface area contributed by atoms with Gasteiger partial charge < -0.3 is 10.1 Å². The first-order valence-corrected chi connectivity index (χ1v) is 8.66. The normalized spacial score (nSPS) is 12.2. The Balaban J connectivity index is 2.50. The molecule has 8 heteroatoms. The van der Waals surface area contributed by atoms with Gasteiger partial charge in [-0.15, -0.1) is 0 Å². The van der Waals surface area contributed by atoms with Gasteiger partial charge in [0.25, 0.3) is 10.0 Å². The molecule has 0 aliphatic carbocycles. The molecule has 7 nitrogen and oxygen atoms in total. The lowest BCUT2D eigenvalue weighted by molar-refractivity contribution is 0.0762. The highest BCUT2D eigenvalue weighted by Gasteiger charge is 2.22. The molecular formula is C13H26N4O3S. The number of H-pyrrole nitrogens is 1. The Morgan fingerprint density at radius 2 is 2.05 bits per heavy atom. The molecule has 1 heterocycles. The van der Waals surface area contributed by atoms with Crippen molar-refractivity contribution in [2.75, 3.05) is 20.2 Å².